The molecule has 0 atom stereocenters. The summed E-state index contributed by atoms with van der Waals surface area (Å²) in [5.74, 6) is 0.844. The van der Waals surface area contributed by atoms with Crippen LogP contribution in [0.5, 0.6) is 0 Å². The third-order valence-corrected chi connectivity index (χ3v) is 2.60. The second-order valence-corrected chi connectivity index (χ2v) is 5.20. The Bertz CT molecular complexity index is 431. The molecule has 2 rings (SSSR count). The number of nitrogens with zero attached hydrogens (tertiary/aromatic N) is 3. The van der Waals surface area contributed by atoms with Crippen molar-refractivity contribution in [2.75, 3.05) is 11.4 Å². The van der Waals surface area contributed by atoms with Crippen LogP contribution in [0.4, 0.5) is 10.6 Å². The molecule has 0 aromatic carbocycles. The van der Waals surface area contributed by atoms with Crippen LogP contribution in [-0.4, -0.2) is 28.0 Å². The molecule has 0 N–H and O–H groups in total. The van der Waals surface area contributed by atoms with Gasteiger partial charge in [-0.1, -0.05) is 6.92 Å². The van der Waals surface area contributed by atoms with E-state index in [2.05, 4.69) is 12.0 Å². The summed E-state index contributed by atoms with van der Waals surface area (Å²) in [6.07, 6.45) is 0.584. The van der Waals surface area contributed by atoms with E-state index in [1.54, 1.807) is 4.90 Å². The van der Waals surface area contributed by atoms with E-state index in [1.165, 1.54) is 0 Å². The fourth-order valence-electron chi connectivity index (χ4n) is 1.82. The van der Waals surface area contributed by atoms with Gasteiger partial charge in [-0.05, 0) is 27.2 Å². The Labute approximate surface area is 101 Å². The minimum atomic E-state index is -0.460. The van der Waals surface area contributed by atoms with Crippen LogP contribution in [0.25, 0.3) is 0 Å². The molecule has 0 saturated heterocycles. The van der Waals surface area contributed by atoms with Gasteiger partial charge in [0.2, 0.25) is 0 Å². The molecule has 1 aliphatic rings. The standard InChI is InChI=1S/C12H19N3O2/c1-5-9-8-10-14(6-7-15(10)13-9)11(16)17-12(2,3)4/h8H,5-7H2,1-4H3. The molecule has 5 nitrogen and oxygen atoms in total. The third-order valence-electron chi connectivity index (χ3n) is 2.60. The molecule has 0 aliphatic carbocycles. The Hall–Kier alpha value is -1.52. The normalized spacial score (nSPS) is 14.9. The Morgan fingerprint density at radius 2 is 2.18 bits per heavy atom. The number of carbonyl (C=O) groups is 1. The Morgan fingerprint density at radius 3 is 2.76 bits per heavy atom. The number of carbonyl (C=O) groups excluding carboxylic acids is 1. The van der Waals surface area contributed by atoms with Crippen LogP contribution in [0, 0.1) is 0 Å². The first-order chi connectivity index (χ1) is 7.90. The highest BCUT2D eigenvalue weighted by Gasteiger charge is 2.30. The lowest BCUT2D eigenvalue weighted by molar-refractivity contribution is 0.0584. The van der Waals surface area contributed by atoms with Crippen molar-refractivity contribution in [3.8, 4) is 0 Å². The second-order valence-electron chi connectivity index (χ2n) is 5.20. The molecule has 0 fully saturated rings. The molecule has 1 aliphatic heterocycles. The number of aromatic nitrogens is 2. The summed E-state index contributed by atoms with van der Waals surface area (Å²) in [5, 5.41) is 4.41. The largest absolute Gasteiger partial charge is 0.443 e. The molecule has 0 saturated carbocycles. The third kappa shape index (κ3) is 2.43. The first-order valence-electron chi connectivity index (χ1n) is 5.98. The fourth-order valence-corrected chi connectivity index (χ4v) is 1.82. The first kappa shape index (κ1) is 12.0. The molecule has 0 spiro atoms. The molecule has 1 aromatic heterocycles. The van der Waals surface area contributed by atoms with Crippen molar-refractivity contribution in [1.82, 2.24) is 9.78 Å². The molecule has 1 amide bonds. The molecule has 1 aromatic rings. The highest BCUT2D eigenvalue weighted by Crippen LogP contribution is 2.24. The first-order valence-corrected chi connectivity index (χ1v) is 5.98. The lowest BCUT2D eigenvalue weighted by Crippen LogP contribution is -2.35. The van der Waals surface area contributed by atoms with Crippen molar-refractivity contribution in [2.45, 2.75) is 46.3 Å². The van der Waals surface area contributed by atoms with E-state index in [0.717, 1.165) is 24.5 Å². The summed E-state index contributed by atoms with van der Waals surface area (Å²) in [4.78, 5) is 13.6. The predicted molar refractivity (Wildman–Crippen MR) is 65.2 cm³/mol. The van der Waals surface area contributed by atoms with Gasteiger partial charge in [-0.25, -0.2) is 9.48 Å². The number of amides is 1. The van der Waals surface area contributed by atoms with E-state index in [9.17, 15) is 4.79 Å². The van der Waals surface area contributed by atoms with Gasteiger partial charge in [0.25, 0.3) is 0 Å². The van der Waals surface area contributed by atoms with E-state index >= 15 is 0 Å². The van der Waals surface area contributed by atoms with E-state index in [4.69, 9.17) is 4.74 Å². The van der Waals surface area contributed by atoms with Gasteiger partial charge in [0.1, 0.15) is 11.4 Å². The summed E-state index contributed by atoms with van der Waals surface area (Å²) in [5.41, 5.74) is 0.547. The van der Waals surface area contributed by atoms with E-state index < -0.39 is 5.60 Å². The van der Waals surface area contributed by atoms with Gasteiger partial charge in [-0.3, -0.25) is 4.90 Å². The minimum Gasteiger partial charge on any atom is -0.443 e. The smallest absolute Gasteiger partial charge is 0.416 e. The molecule has 94 valence electrons. The summed E-state index contributed by atoms with van der Waals surface area (Å²) in [7, 11) is 0. The molecular weight excluding hydrogens is 218 g/mol. The van der Waals surface area contributed by atoms with Gasteiger partial charge < -0.3 is 4.74 Å². The van der Waals surface area contributed by atoms with Gasteiger partial charge in [-0.15, -0.1) is 0 Å². The van der Waals surface area contributed by atoms with Gasteiger partial charge >= 0.3 is 6.09 Å². The van der Waals surface area contributed by atoms with Crippen LogP contribution in [0.15, 0.2) is 6.07 Å². The number of hydrogen-bond acceptors (Lipinski definition) is 3. The lowest BCUT2D eigenvalue weighted by Gasteiger charge is -2.23. The summed E-state index contributed by atoms with van der Waals surface area (Å²) in [6.45, 7) is 9.05. The molecule has 0 unspecified atom stereocenters. The number of hydrogen-bond donors (Lipinski definition) is 0. The molecule has 0 bridgehead atoms. The Morgan fingerprint density at radius 1 is 1.47 bits per heavy atom. The maximum atomic E-state index is 12.0. The summed E-state index contributed by atoms with van der Waals surface area (Å²) in [6, 6.07) is 1.96. The van der Waals surface area contributed by atoms with Gasteiger partial charge in [0.15, 0.2) is 0 Å². The number of fused-ring (bicyclic) bond motifs is 1. The van der Waals surface area contributed by atoms with Crippen LogP contribution in [-0.2, 0) is 17.7 Å². The zero-order valence-electron chi connectivity index (χ0n) is 10.9. The van der Waals surface area contributed by atoms with Crippen molar-refractivity contribution in [2.24, 2.45) is 0 Å². The maximum Gasteiger partial charge on any atom is 0.416 e. The van der Waals surface area contributed by atoms with Crippen LogP contribution in [0.2, 0.25) is 0 Å². The number of anilines is 1. The zero-order valence-corrected chi connectivity index (χ0v) is 10.9. The highest BCUT2D eigenvalue weighted by molar-refractivity contribution is 5.87. The SMILES string of the molecule is CCc1cc2n(n1)CCN2C(=O)OC(C)(C)C. The molecular formula is C12H19N3O2. The molecule has 2 heterocycles. The molecule has 5 heteroatoms. The van der Waals surface area contributed by atoms with Crippen LogP contribution >= 0.6 is 0 Å². The summed E-state index contributed by atoms with van der Waals surface area (Å²) < 4.78 is 7.23. The van der Waals surface area contributed by atoms with Crippen molar-refractivity contribution < 1.29 is 9.53 Å². The average Bonchev–Trinajstić information content (AvgIpc) is 2.71. The number of ether oxygens (including phenoxy) is 1. The summed E-state index contributed by atoms with van der Waals surface area (Å²) >= 11 is 0. The van der Waals surface area contributed by atoms with Crippen LogP contribution < -0.4 is 4.90 Å². The maximum absolute atomic E-state index is 12.0. The average molecular weight is 237 g/mol. The van der Waals surface area contributed by atoms with Crippen molar-refractivity contribution in [3.63, 3.8) is 0 Å². The van der Waals surface area contributed by atoms with Gasteiger partial charge in [0.05, 0.1) is 18.8 Å². The number of rotatable bonds is 1. The Kier molecular flexibility index (Phi) is 2.85. The second kappa shape index (κ2) is 4.05. The van der Waals surface area contributed by atoms with Crippen molar-refractivity contribution >= 4 is 11.9 Å². The van der Waals surface area contributed by atoms with E-state index in [0.29, 0.717) is 6.54 Å². The Balaban J connectivity index is 2.15. The van der Waals surface area contributed by atoms with E-state index in [1.807, 2.05) is 31.5 Å². The molecule has 0 radical (unpaired) electrons. The fraction of sp³-hybridized carbons (Fsp3) is 0.667. The van der Waals surface area contributed by atoms with Crippen LogP contribution in [0.3, 0.4) is 0 Å². The molecule has 17 heavy (non-hydrogen) atoms. The predicted octanol–water partition coefficient (Wildman–Crippen LogP) is 2.20. The van der Waals surface area contributed by atoms with E-state index in [-0.39, 0.29) is 6.09 Å². The van der Waals surface area contributed by atoms with Gasteiger partial charge in [-0.2, -0.15) is 5.10 Å². The minimum absolute atomic E-state index is 0.293. The quantitative estimate of drug-likeness (QED) is 0.752. The van der Waals surface area contributed by atoms with Crippen LogP contribution in [0.1, 0.15) is 33.4 Å². The highest BCUT2D eigenvalue weighted by atomic mass is 16.6. The lowest BCUT2D eigenvalue weighted by atomic mass is 10.2. The number of aryl methyl sites for hydroxylation is 1. The zero-order chi connectivity index (χ0) is 12.6. The topological polar surface area (TPSA) is 47.4 Å². The van der Waals surface area contributed by atoms with Crippen molar-refractivity contribution in [3.05, 3.63) is 11.8 Å². The van der Waals surface area contributed by atoms with Gasteiger partial charge in [0, 0.05) is 6.07 Å². The monoisotopic (exact) mass is 237 g/mol. The van der Waals surface area contributed by atoms with Crippen molar-refractivity contribution in [1.29, 1.82) is 0 Å².